The molecule has 1 fully saturated rings. The minimum atomic E-state index is -0.216. The second-order valence-electron chi connectivity index (χ2n) is 5.80. The fourth-order valence-corrected chi connectivity index (χ4v) is 3.50. The SMILES string of the molecule is O=C(NCc1ccco1)c1csc(-c2ccnc(N3CCOCC3)c2)n1. The van der Waals surface area contributed by atoms with Crippen LogP contribution in [0.5, 0.6) is 0 Å². The number of nitrogens with zero attached hydrogens (tertiary/aromatic N) is 3. The number of hydrogen-bond acceptors (Lipinski definition) is 7. The number of furan rings is 1. The summed E-state index contributed by atoms with van der Waals surface area (Å²) in [5, 5.41) is 5.37. The van der Waals surface area contributed by atoms with Gasteiger partial charge in [0.15, 0.2) is 0 Å². The largest absolute Gasteiger partial charge is 0.467 e. The van der Waals surface area contributed by atoms with E-state index < -0.39 is 0 Å². The van der Waals surface area contributed by atoms with E-state index >= 15 is 0 Å². The predicted octanol–water partition coefficient (Wildman–Crippen LogP) is 2.56. The third-order valence-electron chi connectivity index (χ3n) is 4.07. The number of anilines is 1. The highest BCUT2D eigenvalue weighted by Gasteiger charge is 2.15. The van der Waals surface area contributed by atoms with Gasteiger partial charge in [0.1, 0.15) is 22.3 Å². The Labute approximate surface area is 154 Å². The van der Waals surface area contributed by atoms with Gasteiger partial charge < -0.3 is 19.4 Å². The van der Waals surface area contributed by atoms with Crippen LogP contribution in [-0.2, 0) is 11.3 Å². The standard InChI is InChI=1S/C18H18N4O3S/c23-17(20-11-14-2-1-7-25-14)15-12-26-18(21-15)13-3-4-19-16(10-13)22-5-8-24-9-6-22/h1-4,7,10,12H,5-6,8-9,11H2,(H,20,23). The maximum absolute atomic E-state index is 12.3. The summed E-state index contributed by atoms with van der Waals surface area (Å²) < 4.78 is 10.6. The summed E-state index contributed by atoms with van der Waals surface area (Å²) >= 11 is 1.44. The number of nitrogens with one attached hydrogen (secondary N) is 1. The molecule has 4 heterocycles. The van der Waals surface area contributed by atoms with Crippen LogP contribution in [0.4, 0.5) is 5.82 Å². The molecule has 1 amide bonds. The summed E-state index contributed by atoms with van der Waals surface area (Å²) in [7, 11) is 0. The Bertz CT molecular complexity index is 872. The lowest BCUT2D eigenvalue weighted by Gasteiger charge is -2.27. The Kier molecular flexibility index (Phi) is 4.94. The van der Waals surface area contributed by atoms with Gasteiger partial charge in [0.05, 0.1) is 26.0 Å². The van der Waals surface area contributed by atoms with Crippen molar-refractivity contribution >= 4 is 23.1 Å². The van der Waals surface area contributed by atoms with Gasteiger partial charge >= 0.3 is 0 Å². The molecule has 3 aromatic heterocycles. The Morgan fingerprint density at radius 3 is 3.00 bits per heavy atom. The summed E-state index contributed by atoms with van der Waals surface area (Å²) in [5.74, 6) is 1.40. The number of rotatable bonds is 5. The number of ether oxygens (including phenoxy) is 1. The van der Waals surface area contributed by atoms with Gasteiger partial charge in [0.25, 0.3) is 5.91 Å². The Morgan fingerprint density at radius 1 is 1.31 bits per heavy atom. The first-order valence-electron chi connectivity index (χ1n) is 8.35. The zero-order valence-electron chi connectivity index (χ0n) is 14.1. The van der Waals surface area contributed by atoms with Crippen molar-refractivity contribution in [3.63, 3.8) is 0 Å². The molecular weight excluding hydrogens is 352 g/mol. The molecule has 4 rings (SSSR count). The number of hydrogen-bond donors (Lipinski definition) is 1. The molecule has 0 radical (unpaired) electrons. The van der Waals surface area contributed by atoms with E-state index in [1.165, 1.54) is 11.3 Å². The van der Waals surface area contributed by atoms with E-state index in [1.54, 1.807) is 23.9 Å². The molecule has 0 atom stereocenters. The Balaban J connectivity index is 1.46. The summed E-state index contributed by atoms with van der Waals surface area (Å²) in [6.07, 6.45) is 3.36. The molecule has 1 aliphatic heterocycles. The minimum absolute atomic E-state index is 0.216. The fraction of sp³-hybridized carbons (Fsp3) is 0.278. The molecule has 134 valence electrons. The van der Waals surface area contributed by atoms with Crippen LogP contribution >= 0.6 is 11.3 Å². The average Bonchev–Trinajstić information content (AvgIpc) is 3.39. The number of pyridine rings is 1. The van der Waals surface area contributed by atoms with E-state index in [9.17, 15) is 4.79 Å². The maximum atomic E-state index is 12.3. The van der Waals surface area contributed by atoms with Gasteiger partial charge in [-0.1, -0.05) is 0 Å². The summed E-state index contributed by atoms with van der Waals surface area (Å²) in [6, 6.07) is 7.52. The lowest BCUT2D eigenvalue weighted by molar-refractivity contribution is 0.0944. The topological polar surface area (TPSA) is 80.5 Å². The minimum Gasteiger partial charge on any atom is -0.467 e. The number of aromatic nitrogens is 2. The zero-order valence-corrected chi connectivity index (χ0v) is 14.9. The molecule has 0 saturated carbocycles. The summed E-state index contributed by atoms with van der Waals surface area (Å²) in [6.45, 7) is 3.42. The van der Waals surface area contributed by atoms with E-state index in [2.05, 4.69) is 20.2 Å². The lowest BCUT2D eigenvalue weighted by Crippen LogP contribution is -2.36. The molecular formula is C18H18N4O3S. The highest BCUT2D eigenvalue weighted by atomic mass is 32.1. The van der Waals surface area contributed by atoms with Crippen LogP contribution in [0.1, 0.15) is 16.2 Å². The molecule has 1 saturated heterocycles. The number of thiazole rings is 1. The lowest BCUT2D eigenvalue weighted by atomic mass is 10.2. The second-order valence-corrected chi connectivity index (χ2v) is 6.66. The van der Waals surface area contributed by atoms with Crippen LogP contribution in [0.2, 0.25) is 0 Å². The second kappa shape index (κ2) is 7.67. The van der Waals surface area contributed by atoms with Crippen molar-refractivity contribution in [2.24, 2.45) is 0 Å². The average molecular weight is 370 g/mol. The molecule has 1 N–H and O–H groups in total. The van der Waals surface area contributed by atoms with Crippen molar-refractivity contribution in [3.8, 4) is 10.6 Å². The van der Waals surface area contributed by atoms with Crippen molar-refractivity contribution in [1.82, 2.24) is 15.3 Å². The quantitative estimate of drug-likeness (QED) is 0.743. The van der Waals surface area contributed by atoms with Crippen LogP contribution in [0, 0.1) is 0 Å². The van der Waals surface area contributed by atoms with Gasteiger partial charge in [-0.2, -0.15) is 0 Å². The normalized spacial score (nSPS) is 14.4. The van der Waals surface area contributed by atoms with E-state index in [1.807, 2.05) is 18.2 Å². The van der Waals surface area contributed by atoms with Crippen LogP contribution < -0.4 is 10.2 Å². The van der Waals surface area contributed by atoms with Gasteiger partial charge in [-0.3, -0.25) is 4.79 Å². The molecule has 0 aliphatic carbocycles. The molecule has 7 nitrogen and oxygen atoms in total. The Morgan fingerprint density at radius 2 is 2.19 bits per heavy atom. The molecule has 26 heavy (non-hydrogen) atoms. The number of morpholine rings is 1. The fourth-order valence-electron chi connectivity index (χ4n) is 2.70. The number of carbonyl (C=O) groups excluding carboxylic acids is 1. The van der Waals surface area contributed by atoms with Crippen LogP contribution in [0.3, 0.4) is 0 Å². The van der Waals surface area contributed by atoms with Crippen molar-refractivity contribution in [3.05, 3.63) is 53.6 Å². The monoisotopic (exact) mass is 370 g/mol. The molecule has 0 bridgehead atoms. The van der Waals surface area contributed by atoms with Gasteiger partial charge in [0, 0.05) is 30.2 Å². The number of amides is 1. The van der Waals surface area contributed by atoms with Gasteiger partial charge in [-0.05, 0) is 24.3 Å². The van der Waals surface area contributed by atoms with E-state index in [4.69, 9.17) is 9.15 Å². The maximum Gasteiger partial charge on any atom is 0.271 e. The summed E-state index contributed by atoms with van der Waals surface area (Å²) in [5.41, 5.74) is 1.36. The molecule has 3 aromatic rings. The predicted molar refractivity (Wildman–Crippen MR) is 98.3 cm³/mol. The number of carbonyl (C=O) groups is 1. The van der Waals surface area contributed by atoms with Crippen LogP contribution in [0.25, 0.3) is 10.6 Å². The smallest absolute Gasteiger partial charge is 0.271 e. The molecule has 8 heteroatoms. The highest BCUT2D eigenvalue weighted by molar-refractivity contribution is 7.13. The third-order valence-corrected chi connectivity index (χ3v) is 4.96. The zero-order chi connectivity index (χ0) is 17.8. The molecule has 0 aromatic carbocycles. The van der Waals surface area contributed by atoms with E-state index in [0.29, 0.717) is 31.2 Å². The highest BCUT2D eigenvalue weighted by Crippen LogP contribution is 2.26. The van der Waals surface area contributed by atoms with Gasteiger partial charge in [-0.15, -0.1) is 11.3 Å². The molecule has 0 spiro atoms. The van der Waals surface area contributed by atoms with Gasteiger partial charge in [-0.25, -0.2) is 9.97 Å². The first-order valence-corrected chi connectivity index (χ1v) is 9.23. The van der Waals surface area contributed by atoms with Crippen molar-refractivity contribution < 1.29 is 13.9 Å². The van der Waals surface area contributed by atoms with Crippen molar-refractivity contribution in [1.29, 1.82) is 0 Å². The van der Waals surface area contributed by atoms with Crippen LogP contribution in [0.15, 0.2) is 46.5 Å². The Hall–Kier alpha value is -2.71. The van der Waals surface area contributed by atoms with E-state index in [0.717, 1.165) is 29.5 Å². The first kappa shape index (κ1) is 16.7. The molecule has 0 unspecified atom stereocenters. The first-order chi connectivity index (χ1) is 12.8. The van der Waals surface area contributed by atoms with Crippen molar-refractivity contribution in [2.75, 3.05) is 31.2 Å². The summed E-state index contributed by atoms with van der Waals surface area (Å²) in [4.78, 5) is 23.4. The van der Waals surface area contributed by atoms with Gasteiger partial charge in [0.2, 0.25) is 0 Å². The van der Waals surface area contributed by atoms with Crippen LogP contribution in [-0.4, -0.2) is 42.2 Å². The third kappa shape index (κ3) is 3.76. The molecule has 1 aliphatic rings. The van der Waals surface area contributed by atoms with E-state index in [-0.39, 0.29) is 5.91 Å². The van der Waals surface area contributed by atoms with Crippen molar-refractivity contribution in [2.45, 2.75) is 6.54 Å².